The van der Waals surface area contributed by atoms with Crippen molar-refractivity contribution < 1.29 is 9.59 Å². The maximum absolute atomic E-state index is 12.4. The zero-order valence-electron chi connectivity index (χ0n) is 16.6. The molecule has 7 nitrogen and oxygen atoms in total. The summed E-state index contributed by atoms with van der Waals surface area (Å²) in [5, 5.41) is 4.65. The van der Waals surface area contributed by atoms with Crippen molar-refractivity contribution in [3.8, 4) is 0 Å². The van der Waals surface area contributed by atoms with Crippen LogP contribution in [-0.4, -0.2) is 27.8 Å². The third kappa shape index (κ3) is 4.10. The summed E-state index contributed by atoms with van der Waals surface area (Å²) in [6, 6.07) is 13.2. The van der Waals surface area contributed by atoms with Gasteiger partial charge in [0, 0.05) is 29.8 Å². The van der Waals surface area contributed by atoms with Crippen LogP contribution < -0.4 is 16.6 Å². The zero-order valence-corrected chi connectivity index (χ0v) is 16.6. The Hall–Kier alpha value is -3.48. The molecule has 0 spiro atoms. The number of amides is 1. The fraction of sp³-hybridized carbons (Fsp3) is 0.304. The van der Waals surface area contributed by atoms with Crippen molar-refractivity contribution >= 4 is 22.5 Å². The Kier molecular flexibility index (Phi) is 5.61. The van der Waals surface area contributed by atoms with Gasteiger partial charge in [0.2, 0.25) is 5.91 Å². The van der Waals surface area contributed by atoms with E-state index in [0.717, 1.165) is 29.3 Å². The standard InChI is InChI=1S/C23H23N3O4/c27-20(17-10-9-15-5-1-2-6-16(15)13-17)14-24-21(28)11-12-26-19-8-4-3-7-18(19)22(29)25-23(26)30/h1-2,5-6,9-10,13H,3-4,7-8,11-12,14H2,(H,24,28)(H,25,29,30). The van der Waals surface area contributed by atoms with Crippen molar-refractivity contribution in [1.29, 1.82) is 0 Å². The number of nitrogens with zero attached hydrogens (tertiary/aromatic N) is 1. The van der Waals surface area contributed by atoms with Gasteiger partial charge in [-0.3, -0.25) is 23.9 Å². The van der Waals surface area contributed by atoms with Crippen molar-refractivity contribution in [2.75, 3.05) is 6.54 Å². The normalized spacial score (nSPS) is 13.1. The number of ketones is 1. The van der Waals surface area contributed by atoms with Crippen LogP contribution in [0.5, 0.6) is 0 Å². The third-order valence-electron chi connectivity index (χ3n) is 5.58. The number of rotatable bonds is 6. The van der Waals surface area contributed by atoms with E-state index in [1.165, 1.54) is 4.57 Å². The molecule has 0 bridgehead atoms. The number of H-pyrrole nitrogens is 1. The van der Waals surface area contributed by atoms with Gasteiger partial charge in [0.15, 0.2) is 5.78 Å². The molecule has 30 heavy (non-hydrogen) atoms. The minimum Gasteiger partial charge on any atom is -0.349 e. The van der Waals surface area contributed by atoms with Gasteiger partial charge in [0.1, 0.15) is 0 Å². The fourth-order valence-electron chi connectivity index (χ4n) is 3.98. The summed E-state index contributed by atoms with van der Waals surface area (Å²) in [7, 11) is 0. The lowest BCUT2D eigenvalue weighted by Gasteiger charge is -2.19. The van der Waals surface area contributed by atoms with Crippen LogP contribution >= 0.6 is 0 Å². The molecule has 0 aliphatic heterocycles. The molecule has 0 saturated heterocycles. The van der Waals surface area contributed by atoms with Crippen LogP contribution in [0.15, 0.2) is 52.1 Å². The summed E-state index contributed by atoms with van der Waals surface area (Å²) < 4.78 is 1.49. The Balaban J connectivity index is 1.38. The first-order chi connectivity index (χ1) is 14.5. The van der Waals surface area contributed by atoms with Crippen molar-refractivity contribution in [3.05, 3.63) is 80.1 Å². The summed E-state index contributed by atoms with van der Waals surface area (Å²) in [5.41, 5.74) is 1.11. The van der Waals surface area contributed by atoms with Crippen LogP contribution in [0.4, 0.5) is 0 Å². The zero-order chi connectivity index (χ0) is 21.1. The lowest BCUT2D eigenvalue weighted by atomic mass is 9.97. The van der Waals surface area contributed by atoms with E-state index in [1.807, 2.05) is 36.4 Å². The minimum absolute atomic E-state index is 0.0589. The number of aromatic amines is 1. The van der Waals surface area contributed by atoms with Gasteiger partial charge < -0.3 is 5.32 Å². The maximum atomic E-state index is 12.4. The molecule has 0 unspecified atom stereocenters. The Bertz CT molecular complexity index is 1240. The predicted octanol–water partition coefficient (Wildman–Crippen LogP) is 1.96. The van der Waals surface area contributed by atoms with Gasteiger partial charge in [-0.15, -0.1) is 0 Å². The topological polar surface area (TPSA) is 101 Å². The van der Waals surface area contributed by atoms with Gasteiger partial charge in [-0.1, -0.05) is 36.4 Å². The Morgan fingerprint density at radius 1 is 1.00 bits per heavy atom. The van der Waals surface area contributed by atoms with Crippen LogP contribution in [0.25, 0.3) is 10.8 Å². The molecule has 1 aliphatic rings. The number of carbonyl (C=O) groups is 2. The summed E-state index contributed by atoms with van der Waals surface area (Å²) in [5.74, 6) is -0.487. The molecule has 7 heteroatoms. The Morgan fingerprint density at radius 2 is 1.77 bits per heavy atom. The molecule has 0 saturated carbocycles. The number of hydrogen-bond donors (Lipinski definition) is 2. The minimum atomic E-state index is -0.485. The van der Waals surface area contributed by atoms with E-state index in [0.29, 0.717) is 24.0 Å². The molecular formula is C23H23N3O4. The molecule has 4 rings (SSSR count). The Labute approximate surface area is 172 Å². The number of benzene rings is 2. The van der Waals surface area contributed by atoms with Crippen LogP contribution in [0, 0.1) is 0 Å². The van der Waals surface area contributed by atoms with Gasteiger partial charge in [-0.2, -0.15) is 0 Å². The number of carbonyl (C=O) groups excluding carboxylic acids is 2. The van der Waals surface area contributed by atoms with E-state index < -0.39 is 5.69 Å². The van der Waals surface area contributed by atoms with Crippen molar-refractivity contribution in [2.24, 2.45) is 0 Å². The first kappa shape index (κ1) is 19.8. The molecule has 0 radical (unpaired) electrons. The van der Waals surface area contributed by atoms with Crippen molar-refractivity contribution in [1.82, 2.24) is 14.9 Å². The SMILES string of the molecule is O=C(CCn1c2c(c(=O)[nH]c1=O)CCCC2)NCC(=O)c1ccc2ccccc2c1. The van der Waals surface area contributed by atoms with E-state index >= 15 is 0 Å². The van der Waals surface area contributed by atoms with Gasteiger partial charge in [0.05, 0.1) is 6.54 Å². The first-order valence-electron chi connectivity index (χ1n) is 10.2. The number of Topliss-reactive ketones (excluding diaryl/α,β-unsaturated/α-hetero) is 1. The number of aromatic nitrogens is 2. The smallest absolute Gasteiger partial charge is 0.328 e. The van der Waals surface area contributed by atoms with E-state index in [2.05, 4.69) is 10.3 Å². The summed E-state index contributed by atoms with van der Waals surface area (Å²) >= 11 is 0. The van der Waals surface area contributed by atoms with Crippen LogP contribution in [0.3, 0.4) is 0 Å². The third-order valence-corrected chi connectivity index (χ3v) is 5.58. The lowest BCUT2D eigenvalue weighted by Crippen LogP contribution is -2.38. The van der Waals surface area contributed by atoms with Gasteiger partial charge in [0.25, 0.3) is 5.56 Å². The molecule has 0 atom stereocenters. The highest BCUT2D eigenvalue weighted by Gasteiger charge is 2.18. The van der Waals surface area contributed by atoms with Gasteiger partial charge in [-0.25, -0.2) is 4.79 Å². The molecule has 3 aromatic rings. The van der Waals surface area contributed by atoms with E-state index in [1.54, 1.807) is 6.07 Å². The second-order valence-corrected chi connectivity index (χ2v) is 7.56. The second-order valence-electron chi connectivity index (χ2n) is 7.56. The highest BCUT2D eigenvalue weighted by atomic mass is 16.2. The molecule has 2 N–H and O–H groups in total. The van der Waals surface area contributed by atoms with E-state index in [4.69, 9.17) is 0 Å². The number of fused-ring (bicyclic) bond motifs is 2. The van der Waals surface area contributed by atoms with Crippen LogP contribution in [-0.2, 0) is 24.2 Å². The quantitative estimate of drug-likeness (QED) is 0.612. The first-order valence-corrected chi connectivity index (χ1v) is 10.2. The highest BCUT2D eigenvalue weighted by Crippen LogP contribution is 2.17. The molecular weight excluding hydrogens is 382 g/mol. The van der Waals surface area contributed by atoms with Gasteiger partial charge in [-0.05, 0) is 42.5 Å². The molecule has 1 heterocycles. The summed E-state index contributed by atoms with van der Waals surface area (Å²) in [4.78, 5) is 51.2. The molecule has 2 aromatic carbocycles. The van der Waals surface area contributed by atoms with Crippen LogP contribution in [0.1, 0.15) is 40.9 Å². The fourth-order valence-corrected chi connectivity index (χ4v) is 3.98. The molecule has 1 aromatic heterocycles. The average molecular weight is 405 g/mol. The summed E-state index contributed by atoms with van der Waals surface area (Å²) in [6.07, 6.45) is 3.21. The van der Waals surface area contributed by atoms with Crippen molar-refractivity contribution in [2.45, 2.75) is 38.6 Å². The molecule has 154 valence electrons. The highest BCUT2D eigenvalue weighted by molar-refractivity contribution is 6.02. The van der Waals surface area contributed by atoms with Gasteiger partial charge >= 0.3 is 5.69 Å². The maximum Gasteiger partial charge on any atom is 0.328 e. The van der Waals surface area contributed by atoms with E-state index in [9.17, 15) is 19.2 Å². The largest absolute Gasteiger partial charge is 0.349 e. The van der Waals surface area contributed by atoms with Crippen LogP contribution in [0.2, 0.25) is 0 Å². The Morgan fingerprint density at radius 3 is 2.60 bits per heavy atom. The molecule has 0 fully saturated rings. The summed E-state index contributed by atoms with van der Waals surface area (Å²) in [6.45, 7) is 0.0732. The monoisotopic (exact) mass is 405 g/mol. The van der Waals surface area contributed by atoms with E-state index in [-0.39, 0.29) is 36.8 Å². The lowest BCUT2D eigenvalue weighted by molar-refractivity contribution is -0.121. The predicted molar refractivity (Wildman–Crippen MR) is 114 cm³/mol. The number of hydrogen-bond acceptors (Lipinski definition) is 4. The second kappa shape index (κ2) is 8.49. The molecule has 1 aliphatic carbocycles. The van der Waals surface area contributed by atoms with Crippen molar-refractivity contribution in [3.63, 3.8) is 0 Å². The average Bonchev–Trinajstić information content (AvgIpc) is 2.77. The number of nitrogens with one attached hydrogen (secondary N) is 2. The molecule has 1 amide bonds.